The van der Waals surface area contributed by atoms with Gasteiger partial charge in [0.25, 0.3) is 0 Å². The molecule has 1 N–H and O–H groups in total. The lowest BCUT2D eigenvalue weighted by molar-refractivity contribution is 0.0277. The van der Waals surface area contributed by atoms with Crippen LogP contribution in [0.5, 0.6) is 0 Å². The normalized spacial score (nSPS) is 25.1. The van der Waals surface area contributed by atoms with Crippen molar-refractivity contribution in [2.45, 2.75) is 26.4 Å². The zero-order valence-corrected chi connectivity index (χ0v) is 11.1. The zero-order valence-electron chi connectivity index (χ0n) is 11.1. The second-order valence-electron chi connectivity index (χ2n) is 5.54. The van der Waals surface area contributed by atoms with Gasteiger partial charge in [-0.3, -0.25) is 0 Å². The van der Waals surface area contributed by atoms with Crippen molar-refractivity contribution in [2.75, 3.05) is 33.4 Å². The lowest BCUT2D eigenvalue weighted by Crippen LogP contribution is -2.35. The standard InChI is InChI=1S/C12H23NO4/c1-12(2,3)17-11(15)13-5-9(7-14)10(6-13)8-16-4/h9-10,14H,5-8H2,1-4H3/t9-,10-/m0/s1. The minimum Gasteiger partial charge on any atom is -0.444 e. The van der Waals surface area contributed by atoms with Gasteiger partial charge < -0.3 is 19.5 Å². The molecule has 0 radical (unpaired) electrons. The van der Waals surface area contributed by atoms with Gasteiger partial charge in [0.05, 0.1) is 6.61 Å². The van der Waals surface area contributed by atoms with Crippen molar-refractivity contribution in [3.8, 4) is 0 Å². The third-order valence-corrected chi connectivity index (χ3v) is 2.84. The highest BCUT2D eigenvalue weighted by Gasteiger charge is 2.36. The average molecular weight is 245 g/mol. The van der Waals surface area contributed by atoms with E-state index in [0.29, 0.717) is 19.7 Å². The Hall–Kier alpha value is -0.810. The number of ether oxygens (including phenoxy) is 2. The first-order valence-electron chi connectivity index (χ1n) is 5.95. The molecule has 0 aromatic rings. The van der Waals surface area contributed by atoms with Crippen molar-refractivity contribution in [1.29, 1.82) is 0 Å². The van der Waals surface area contributed by atoms with Crippen LogP contribution in [-0.2, 0) is 9.47 Å². The molecule has 0 spiro atoms. The number of rotatable bonds is 3. The molecule has 17 heavy (non-hydrogen) atoms. The van der Waals surface area contributed by atoms with Crippen LogP contribution in [0.15, 0.2) is 0 Å². The molecule has 0 aromatic carbocycles. The smallest absolute Gasteiger partial charge is 0.410 e. The Kier molecular flexibility index (Phi) is 4.77. The molecular formula is C12H23NO4. The van der Waals surface area contributed by atoms with E-state index in [0.717, 1.165) is 0 Å². The highest BCUT2D eigenvalue weighted by atomic mass is 16.6. The highest BCUT2D eigenvalue weighted by molar-refractivity contribution is 5.68. The number of carbonyl (C=O) groups is 1. The van der Waals surface area contributed by atoms with Crippen molar-refractivity contribution >= 4 is 6.09 Å². The predicted octanol–water partition coefficient (Wildman–Crippen LogP) is 1.11. The SMILES string of the molecule is COC[C@@H]1CN(C(=O)OC(C)(C)C)C[C@H]1CO. The molecule has 2 atom stereocenters. The summed E-state index contributed by atoms with van der Waals surface area (Å²) in [6.07, 6.45) is -0.311. The molecule has 5 nitrogen and oxygen atoms in total. The van der Waals surface area contributed by atoms with E-state index in [2.05, 4.69) is 0 Å². The summed E-state index contributed by atoms with van der Waals surface area (Å²) in [6.45, 7) is 7.30. The van der Waals surface area contributed by atoms with E-state index < -0.39 is 5.60 Å². The molecule has 1 rings (SSSR count). The number of methoxy groups -OCH3 is 1. The van der Waals surface area contributed by atoms with Crippen molar-refractivity contribution in [3.63, 3.8) is 0 Å². The van der Waals surface area contributed by atoms with E-state index in [1.165, 1.54) is 0 Å². The van der Waals surface area contributed by atoms with Crippen LogP contribution in [0.3, 0.4) is 0 Å². The molecule has 1 aliphatic heterocycles. The topological polar surface area (TPSA) is 59.0 Å². The fraction of sp³-hybridized carbons (Fsp3) is 0.917. The van der Waals surface area contributed by atoms with Crippen molar-refractivity contribution in [1.82, 2.24) is 4.90 Å². The van der Waals surface area contributed by atoms with E-state index in [9.17, 15) is 9.90 Å². The number of amides is 1. The molecule has 0 unspecified atom stereocenters. The third kappa shape index (κ3) is 4.16. The van der Waals surface area contributed by atoms with E-state index in [1.807, 2.05) is 20.8 Å². The van der Waals surface area contributed by atoms with Crippen LogP contribution in [0.2, 0.25) is 0 Å². The van der Waals surface area contributed by atoms with Crippen molar-refractivity contribution < 1.29 is 19.4 Å². The summed E-state index contributed by atoms with van der Waals surface area (Å²) < 4.78 is 10.4. The van der Waals surface area contributed by atoms with Gasteiger partial charge >= 0.3 is 6.09 Å². The van der Waals surface area contributed by atoms with Crippen LogP contribution in [-0.4, -0.2) is 55.1 Å². The molecule has 0 aromatic heterocycles. The van der Waals surface area contributed by atoms with E-state index in [-0.39, 0.29) is 24.5 Å². The van der Waals surface area contributed by atoms with E-state index in [4.69, 9.17) is 9.47 Å². The van der Waals surface area contributed by atoms with Crippen LogP contribution >= 0.6 is 0 Å². The fourth-order valence-corrected chi connectivity index (χ4v) is 2.02. The maximum atomic E-state index is 11.9. The lowest BCUT2D eigenvalue weighted by Gasteiger charge is -2.24. The Balaban J connectivity index is 2.54. The van der Waals surface area contributed by atoms with Crippen LogP contribution in [0.4, 0.5) is 4.79 Å². The maximum absolute atomic E-state index is 11.9. The Morgan fingerprint density at radius 1 is 1.35 bits per heavy atom. The first-order valence-corrected chi connectivity index (χ1v) is 5.95. The third-order valence-electron chi connectivity index (χ3n) is 2.84. The summed E-state index contributed by atoms with van der Waals surface area (Å²) in [5.41, 5.74) is -0.481. The fourth-order valence-electron chi connectivity index (χ4n) is 2.02. The summed E-state index contributed by atoms with van der Waals surface area (Å²) >= 11 is 0. The highest BCUT2D eigenvalue weighted by Crippen LogP contribution is 2.25. The Bertz CT molecular complexity index is 262. The number of aliphatic hydroxyl groups excluding tert-OH is 1. The zero-order chi connectivity index (χ0) is 13.1. The quantitative estimate of drug-likeness (QED) is 0.809. The molecule has 0 saturated carbocycles. The summed E-state index contributed by atoms with van der Waals surface area (Å²) in [5, 5.41) is 9.26. The molecule has 100 valence electrons. The minimum atomic E-state index is -0.481. The van der Waals surface area contributed by atoms with Crippen LogP contribution in [0, 0.1) is 11.8 Å². The molecular weight excluding hydrogens is 222 g/mol. The summed E-state index contributed by atoms with van der Waals surface area (Å²) in [6, 6.07) is 0. The van der Waals surface area contributed by atoms with Gasteiger partial charge in [-0.25, -0.2) is 4.79 Å². The first-order chi connectivity index (χ1) is 7.87. The van der Waals surface area contributed by atoms with Gasteiger partial charge in [-0.15, -0.1) is 0 Å². The summed E-state index contributed by atoms with van der Waals surface area (Å²) in [4.78, 5) is 13.5. The minimum absolute atomic E-state index is 0.0767. The number of nitrogens with zero attached hydrogens (tertiary/aromatic N) is 1. The van der Waals surface area contributed by atoms with Gasteiger partial charge in [-0.2, -0.15) is 0 Å². The second-order valence-corrected chi connectivity index (χ2v) is 5.54. The summed E-state index contributed by atoms with van der Waals surface area (Å²) in [7, 11) is 1.63. The number of hydrogen-bond donors (Lipinski definition) is 1. The van der Waals surface area contributed by atoms with Gasteiger partial charge in [-0.1, -0.05) is 0 Å². The van der Waals surface area contributed by atoms with Crippen LogP contribution in [0.25, 0.3) is 0 Å². The van der Waals surface area contributed by atoms with Crippen molar-refractivity contribution in [3.05, 3.63) is 0 Å². The Morgan fingerprint density at radius 2 is 1.94 bits per heavy atom. The molecule has 1 amide bonds. The van der Waals surface area contributed by atoms with E-state index in [1.54, 1.807) is 12.0 Å². The molecule has 1 aliphatic rings. The first kappa shape index (κ1) is 14.3. The van der Waals surface area contributed by atoms with Gasteiger partial charge in [0, 0.05) is 38.6 Å². The predicted molar refractivity (Wildman–Crippen MR) is 63.7 cm³/mol. The van der Waals surface area contributed by atoms with E-state index >= 15 is 0 Å². The molecule has 0 bridgehead atoms. The number of aliphatic hydroxyl groups is 1. The second kappa shape index (κ2) is 5.69. The molecule has 1 heterocycles. The molecule has 0 aliphatic carbocycles. The van der Waals surface area contributed by atoms with Gasteiger partial charge in [-0.05, 0) is 20.8 Å². The largest absolute Gasteiger partial charge is 0.444 e. The maximum Gasteiger partial charge on any atom is 0.410 e. The average Bonchev–Trinajstić information content (AvgIpc) is 2.59. The Morgan fingerprint density at radius 3 is 2.41 bits per heavy atom. The monoisotopic (exact) mass is 245 g/mol. The molecule has 5 heteroatoms. The van der Waals surface area contributed by atoms with Crippen LogP contribution < -0.4 is 0 Å². The molecule has 1 saturated heterocycles. The number of carbonyl (C=O) groups excluding carboxylic acids is 1. The number of hydrogen-bond acceptors (Lipinski definition) is 4. The van der Waals surface area contributed by atoms with Crippen LogP contribution in [0.1, 0.15) is 20.8 Å². The van der Waals surface area contributed by atoms with Gasteiger partial charge in [0.1, 0.15) is 5.60 Å². The lowest BCUT2D eigenvalue weighted by atomic mass is 9.98. The molecule has 1 fully saturated rings. The number of likely N-dealkylation sites (tertiary alicyclic amines) is 1. The summed E-state index contributed by atoms with van der Waals surface area (Å²) in [5.74, 6) is 0.278. The van der Waals surface area contributed by atoms with Gasteiger partial charge in [0.2, 0.25) is 0 Å². The Labute approximate surface area is 103 Å². The van der Waals surface area contributed by atoms with Gasteiger partial charge in [0.15, 0.2) is 0 Å². The van der Waals surface area contributed by atoms with Crippen molar-refractivity contribution in [2.24, 2.45) is 11.8 Å².